The summed E-state index contributed by atoms with van der Waals surface area (Å²) in [6, 6.07) is 13.5. The Kier molecular flexibility index (Phi) is 4.25. The molecular weight excluding hydrogens is 400 g/mol. The normalized spacial score (nSPS) is 17.0. The number of benzene rings is 2. The first-order valence-electron chi connectivity index (χ1n) is 9.54. The van der Waals surface area contributed by atoms with Crippen LogP contribution in [0.3, 0.4) is 0 Å². The number of aryl methyl sites for hydroxylation is 1. The predicted octanol–water partition coefficient (Wildman–Crippen LogP) is 1.46. The van der Waals surface area contributed by atoms with Crippen molar-refractivity contribution in [3.8, 4) is 5.75 Å². The number of hydrogen-bond donors (Lipinski definition) is 0. The molecule has 0 spiro atoms. The van der Waals surface area contributed by atoms with Crippen LogP contribution in [0.1, 0.15) is 11.1 Å². The van der Waals surface area contributed by atoms with Crippen LogP contribution in [0.4, 0.5) is 11.4 Å². The van der Waals surface area contributed by atoms with Crippen LogP contribution in [-0.2, 0) is 11.5 Å². The molecule has 0 radical (unpaired) electrons. The van der Waals surface area contributed by atoms with Gasteiger partial charge in [-0.1, -0.05) is 23.0 Å². The van der Waals surface area contributed by atoms with Crippen LogP contribution in [-0.4, -0.2) is 31.3 Å². The summed E-state index contributed by atoms with van der Waals surface area (Å²) in [6.45, 7) is 2.82. The van der Waals surface area contributed by atoms with E-state index in [-0.39, 0.29) is 11.5 Å². The summed E-state index contributed by atoms with van der Waals surface area (Å²) in [5, 5.41) is 0. The second-order valence-electron chi connectivity index (χ2n) is 7.39. The third-order valence-corrected chi connectivity index (χ3v) is 6.63. The van der Waals surface area contributed by atoms with E-state index in [0.717, 1.165) is 28.3 Å². The van der Waals surface area contributed by atoms with Gasteiger partial charge in [0, 0.05) is 18.3 Å². The van der Waals surface area contributed by atoms with Crippen molar-refractivity contribution in [3.05, 3.63) is 73.3 Å². The van der Waals surface area contributed by atoms with Gasteiger partial charge in [0.05, 0.1) is 18.4 Å². The largest absolute Gasteiger partial charge is 0.497 e. The number of carbonyl (C=O) groups excluding carboxylic acids is 1. The fourth-order valence-corrected chi connectivity index (χ4v) is 4.92. The molecule has 0 aliphatic carbocycles. The Morgan fingerprint density at radius 1 is 1.10 bits per heavy atom. The molecule has 0 unspecified atom stereocenters. The van der Waals surface area contributed by atoms with E-state index in [1.165, 1.54) is 11.3 Å². The maximum Gasteiger partial charge on any atom is 0.272 e. The molecule has 152 valence electrons. The lowest BCUT2D eigenvalue weighted by molar-refractivity contribution is -0.112. The molecular formula is C22H20N4O3S. The van der Waals surface area contributed by atoms with Gasteiger partial charge in [0.25, 0.3) is 11.5 Å². The zero-order chi connectivity index (χ0) is 21.0. The number of ether oxygens (including phenoxy) is 1. The number of amides is 1. The highest BCUT2D eigenvalue weighted by Crippen LogP contribution is 2.34. The number of hydrogen-bond acceptors (Lipinski definition) is 6. The molecule has 30 heavy (non-hydrogen) atoms. The predicted molar refractivity (Wildman–Crippen MR) is 117 cm³/mol. The number of thiazole rings is 1. The minimum Gasteiger partial charge on any atom is -0.497 e. The first kappa shape index (κ1) is 18.6. The number of nitrogens with zero attached hydrogens (tertiary/aromatic N) is 4. The van der Waals surface area contributed by atoms with E-state index in [1.807, 2.05) is 54.3 Å². The van der Waals surface area contributed by atoms with Gasteiger partial charge in [-0.05, 0) is 43.3 Å². The molecule has 7 nitrogen and oxygen atoms in total. The molecule has 0 saturated carbocycles. The number of methoxy groups -OCH3 is 1. The molecule has 2 aromatic carbocycles. The van der Waals surface area contributed by atoms with E-state index in [2.05, 4.69) is 4.99 Å². The van der Waals surface area contributed by atoms with Crippen LogP contribution in [0.2, 0.25) is 0 Å². The number of likely N-dealkylation sites (N-methyl/N-ethyl adjacent to an activating group) is 1. The zero-order valence-corrected chi connectivity index (χ0v) is 17.7. The average Bonchev–Trinajstić information content (AvgIpc) is 3.21. The Morgan fingerprint density at radius 3 is 2.60 bits per heavy atom. The summed E-state index contributed by atoms with van der Waals surface area (Å²) < 4.78 is 7.30. The summed E-state index contributed by atoms with van der Waals surface area (Å²) in [4.78, 5) is 35.1. The van der Waals surface area contributed by atoms with Crippen molar-refractivity contribution in [1.82, 2.24) is 4.57 Å². The van der Waals surface area contributed by atoms with Crippen LogP contribution < -0.4 is 29.4 Å². The molecule has 0 saturated heterocycles. The van der Waals surface area contributed by atoms with Crippen molar-refractivity contribution in [2.75, 3.05) is 30.6 Å². The Bertz CT molecular complexity index is 1350. The molecule has 2 aliphatic heterocycles. The molecule has 2 aliphatic rings. The average molecular weight is 420 g/mol. The monoisotopic (exact) mass is 420 g/mol. The molecule has 0 atom stereocenters. The van der Waals surface area contributed by atoms with Crippen LogP contribution in [0.25, 0.3) is 5.57 Å². The standard InChI is InChI=1S/C22H20N4O3S/c1-13-4-9-17-16(10-13)18(20(27)24(17)2)19-21(28)26-12-25(11-23-22(26)30-19)14-5-7-15(29-3)8-6-14/h4-10H,11-12H2,1-3H3. The van der Waals surface area contributed by atoms with E-state index < -0.39 is 0 Å². The van der Waals surface area contributed by atoms with Crippen molar-refractivity contribution >= 4 is 34.2 Å². The zero-order valence-electron chi connectivity index (χ0n) is 16.9. The Morgan fingerprint density at radius 2 is 1.87 bits per heavy atom. The maximum atomic E-state index is 13.3. The van der Waals surface area contributed by atoms with Gasteiger partial charge in [-0.2, -0.15) is 0 Å². The van der Waals surface area contributed by atoms with Crippen molar-refractivity contribution in [2.45, 2.75) is 13.6 Å². The second kappa shape index (κ2) is 6.84. The lowest BCUT2D eigenvalue weighted by Crippen LogP contribution is -2.43. The van der Waals surface area contributed by atoms with Crippen molar-refractivity contribution in [2.24, 2.45) is 4.99 Å². The Labute approximate surface area is 176 Å². The van der Waals surface area contributed by atoms with E-state index in [9.17, 15) is 9.59 Å². The number of carbonyl (C=O) groups is 1. The van der Waals surface area contributed by atoms with E-state index in [4.69, 9.17) is 4.74 Å². The van der Waals surface area contributed by atoms with E-state index >= 15 is 0 Å². The SMILES string of the molecule is COc1ccc(N2CN=c3sc(=C4C(=O)N(C)c5ccc(C)cc54)c(=O)n3C2)cc1. The highest BCUT2D eigenvalue weighted by atomic mass is 32.1. The van der Waals surface area contributed by atoms with Crippen molar-refractivity contribution in [1.29, 1.82) is 0 Å². The summed E-state index contributed by atoms with van der Waals surface area (Å²) in [7, 11) is 3.37. The number of fused-ring (bicyclic) bond motifs is 2. The molecule has 1 amide bonds. The second-order valence-corrected chi connectivity index (χ2v) is 8.36. The molecule has 3 aromatic rings. The molecule has 8 heteroatoms. The van der Waals surface area contributed by atoms with Crippen LogP contribution in [0.15, 0.2) is 52.3 Å². The van der Waals surface area contributed by atoms with Gasteiger partial charge in [0.15, 0.2) is 4.80 Å². The quantitative estimate of drug-likeness (QED) is 0.630. The smallest absolute Gasteiger partial charge is 0.272 e. The fraction of sp³-hybridized carbons (Fsp3) is 0.227. The van der Waals surface area contributed by atoms with Gasteiger partial charge in [0.1, 0.15) is 23.6 Å². The molecule has 0 bridgehead atoms. The van der Waals surface area contributed by atoms with Gasteiger partial charge < -0.3 is 14.5 Å². The third-order valence-electron chi connectivity index (χ3n) is 5.52. The van der Waals surface area contributed by atoms with Gasteiger partial charge >= 0.3 is 0 Å². The topological polar surface area (TPSA) is 67.1 Å². The molecule has 1 aromatic heterocycles. The van der Waals surface area contributed by atoms with Gasteiger partial charge in [0.2, 0.25) is 0 Å². The minimum atomic E-state index is -0.178. The molecule has 3 heterocycles. The van der Waals surface area contributed by atoms with Crippen LogP contribution in [0.5, 0.6) is 5.75 Å². The Balaban J connectivity index is 1.63. The molecule has 5 rings (SSSR count). The summed E-state index contributed by atoms with van der Waals surface area (Å²) in [6.07, 6.45) is 0. The Hall–Kier alpha value is -3.39. The summed E-state index contributed by atoms with van der Waals surface area (Å²) in [5.41, 5.74) is 3.93. The van der Waals surface area contributed by atoms with Gasteiger partial charge in [-0.15, -0.1) is 0 Å². The van der Waals surface area contributed by atoms with Gasteiger partial charge in [-0.25, -0.2) is 4.99 Å². The maximum absolute atomic E-state index is 13.3. The number of rotatable bonds is 2. The third kappa shape index (κ3) is 2.75. The highest BCUT2D eigenvalue weighted by molar-refractivity contribution is 7.07. The van der Waals surface area contributed by atoms with Gasteiger partial charge in [-0.3, -0.25) is 14.2 Å². The first-order valence-corrected chi connectivity index (χ1v) is 10.4. The highest BCUT2D eigenvalue weighted by Gasteiger charge is 2.32. The summed E-state index contributed by atoms with van der Waals surface area (Å²) in [5.74, 6) is 0.622. The van der Waals surface area contributed by atoms with E-state index in [0.29, 0.717) is 28.2 Å². The summed E-state index contributed by atoms with van der Waals surface area (Å²) >= 11 is 1.29. The van der Waals surface area contributed by atoms with Crippen LogP contribution in [0, 0.1) is 6.92 Å². The fourth-order valence-electron chi connectivity index (χ4n) is 3.87. The van der Waals surface area contributed by atoms with Crippen molar-refractivity contribution in [3.63, 3.8) is 0 Å². The number of aromatic nitrogens is 1. The lowest BCUT2D eigenvalue weighted by Gasteiger charge is -2.25. The van der Waals surface area contributed by atoms with Crippen molar-refractivity contribution < 1.29 is 9.53 Å². The molecule has 0 N–H and O–H groups in total. The van der Waals surface area contributed by atoms with Crippen LogP contribution >= 0.6 is 11.3 Å². The minimum absolute atomic E-state index is 0.154. The first-order chi connectivity index (χ1) is 14.5. The number of anilines is 2. The lowest BCUT2D eigenvalue weighted by atomic mass is 10.1. The molecule has 0 fully saturated rings. The van der Waals surface area contributed by atoms with E-state index in [1.54, 1.807) is 23.6 Å².